The summed E-state index contributed by atoms with van der Waals surface area (Å²) in [7, 11) is 0. The molecule has 0 aromatic carbocycles. The fraction of sp³-hybridized carbons (Fsp3) is 0.750. The fourth-order valence-corrected chi connectivity index (χ4v) is 0.493. The van der Waals surface area contributed by atoms with Crippen LogP contribution in [0.3, 0.4) is 0 Å². The van der Waals surface area contributed by atoms with E-state index in [9.17, 15) is 0 Å². The van der Waals surface area contributed by atoms with Gasteiger partial charge in [0, 0.05) is 0 Å². The minimum atomic E-state index is 1.12. The monoisotopic (exact) mass is 111 g/mol. The van der Waals surface area contributed by atoms with Gasteiger partial charge in [-0.05, 0) is 18.9 Å². The summed E-state index contributed by atoms with van der Waals surface area (Å²) in [5, 5.41) is 0. The summed E-state index contributed by atoms with van der Waals surface area (Å²) in [6.45, 7) is 4.36. The molecule has 0 bridgehead atoms. The Bertz CT molecular complexity index is 45.1. The molecule has 0 aliphatic heterocycles. The van der Waals surface area contributed by atoms with E-state index in [4.69, 9.17) is 0 Å². The smallest absolute Gasteiger partial charge is 0.0282 e. The van der Waals surface area contributed by atoms with Gasteiger partial charge < -0.3 is 0 Å². The van der Waals surface area contributed by atoms with E-state index < -0.39 is 0 Å². The summed E-state index contributed by atoms with van der Waals surface area (Å²) >= 11 is 0. The van der Waals surface area contributed by atoms with Gasteiger partial charge in [0.25, 0.3) is 0 Å². The molecule has 0 N–H and O–H groups in total. The van der Waals surface area contributed by atoms with Crippen molar-refractivity contribution >= 4 is 0 Å². The van der Waals surface area contributed by atoms with Gasteiger partial charge in [0.05, 0.1) is 0 Å². The van der Waals surface area contributed by atoms with Crippen molar-refractivity contribution in [2.75, 3.05) is 0 Å². The van der Waals surface area contributed by atoms with Crippen molar-refractivity contribution in [1.29, 1.82) is 0 Å². The van der Waals surface area contributed by atoms with Gasteiger partial charge in [-0.3, -0.25) is 0 Å². The van der Waals surface area contributed by atoms with Gasteiger partial charge in [0.15, 0.2) is 0 Å². The Balaban J connectivity index is 2.83. The Kier molecular flexibility index (Phi) is 6.52. The third kappa shape index (κ3) is 5.74. The molecule has 0 heteroatoms. The number of hydrogen-bond donors (Lipinski definition) is 0. The van der Waals surface area contributed by atoms with Crippen LogP contribution in [-0.2, 0) is 0 Å². The summed E-state index contributed by atoms with van der Waals surface area (Å²) < 4.78 is 0. The van der Waals surface area contributed by atoms with Crippen molar-refractivity contribution in [1.82, 2.24) is 0 Å². The van der Waals surface area contributed by atoms with E-state index in [1.807, 2.05) is 0 Å². The van der Waals surface area contributed by atoms with E-state index in [1.54, 1.807) is 0 Å². The topological polar surface area (TPSA) is 0 Å². The highest BCUT2D eigenvalue weighted by Gasteiger charge is 1.73. The van der Waals surface area contributed by atoms with E-state index in [0.717, 1.165) is 6.42 Å². The van der Waals surface area contributed by atoms with Crippen molar-refractivity contribution in [3.63, 3.8) is 0 Å². The van der Waals surface area contributed by atoms with Gasteiger partial charge in [-0.1, -0.05) is 32.8 Å². The Morgan fingerprint density at radius 2 is 2.00 bits per heavy atom. The lowest BCUT2D eigenvalue weighted by molar-refractivity contribution is 0.905. The Morgan fingerprint density at radius 3 is 2.50 bits per heavy atom. The molecule has 0 saturated carbocycles. The van der Waals surface area contributed by atoms with Gasteiger partial charge in [0.1, 0.15) is 0 Å². The molecule has 0 aromatic rings. The number of hydrogen-bond acceptors (Lipinski definition) is 0. The number of allylic oxidation sites excluding steroid dienone is 2. The molecule has 0 fully saturated rings. The van der Waals surface area contributed by atoms with Gasteiger partial charge in [-0.15, -0.1) is 0 Å². The summed E-state index contributed by atoms with van der Waals surface area (Å²) in [4.78, 5) is 0. The summed E-state index contributed by atoms with van der Waals surface area (Å²) in [5.41, 5.74) is 0. The van der Waals surface area contributed by atoms with Gasteiger partial charge >= 0.3 is 0 Å². The highest BCUT2D eigenvalue weighted by Crippen LogP contribution is 1.91. The Hall–Kier alpha value is -0.260. The maximum atomic E-state index is 3.21. The summed E-state index contributed by atoms with van der Waals surface area (Å²) in [6.07, 6.45) is 10.1. The first kappa shape index (κ1) is 7.74. The minimum absolute atomic E-state index is 1.12. The van der Waals surface area contributed by atoms with Crippen LogP contribution in [0.1, 0.15) is 39.5 Å². The standard InChI is InChI=1S/C8H15/c1-3-5-7-8-6-4-2/h7H,3-6H2,1-2H3. The molecule has 0 amide bonds. The van der Waals surface area contributed by atoms with Crippen LogP contribution >= 0.6 is 0 Å². The van der Waals surface area contributed by atoms with E-state index in [-0.39, 0.29) is 0 Å². The van der Waals surface area contributed by atoms with Crippen LogP contribution in [-0.4, -0.2) is 0 Å². The molecule has 0 rings (SSSR count). The third-order valence-corrected chi connectivity index (χ3v) is 0.972. The second kappa shape index (κ2) is 6.74. The first-order valence-electron chi connectivity index (χ1n) is 3.46. The summed E-state index contributed by atoms with van der Waals surface area (Å²) in [6, 6.07) is 0. The van der Waals surface area contributed by atoms with Crippen LogP contribution < -0.4 is 0 Å². The lowest BCUT2D eigenvalue weighted by Gasteiger charge is -1.82. The van der Waals surface area contributed by atoms with Crippen molar-refractivity contribution in [3.05, 3.63) is 12.2 Å². The first-order valence-corrected chi connectivity index (χ1v) is 3.46. The maximum Gasteiger partial charge on any atom is -0.0282 e. The Labute approximate surface area is 52.6 Å². The van der Waals surface area contributed by atoms with Crippen molar-refractivity contribution in [2.24, 2.45) is 0 Å². The lowest BCUT2D eigenvalue weighted by atomic mass is 10.2. The zero-order valence-electron chi connectivity index (χ0n) is 5.91. The van der Waals surface area contributed by atoms with Gasteiger partial charge in [0.2, 0.25) is 0 Å². The van der Waals surface area contributed by atoms with E-state index in [0.29, 0.717) is 0 Å². The van der Waals surface area contributed by atoms with Crippen molar-refractivity contribution in [3.8, 4) is 0 Å². The normalized spacial score (nSPS) is 10.8. The second-order valence-corrected chi connectivity index (χ2v) is 1.95. The number of rotatable bonds is 4. The van der Waals surface area contributed by atoms with Crippen LogP contribution in [0, 0.1) is 6.08 Å². The summed E-state index contributed by atoms with van der Waals surface area (Å²) in [5.74, 6) is 0. The minimum Gasteiger partial charge on any atom is -0.0811 e. The molecule has 0 aliphatic rings. The molecule has 0 aromatic heterocycles. The zero-order valence-corrected chi connectivity index (χ0v) is 5.91. The molecule has 0 unspecified atom stereocenters. The maximum absolute atomic E-state index is 3.21. The van der Waals surface area contributed by atoms with Crippen LogP contribution in [0.2, 0.25) is 0 Å². The predicted octanol–water partition coefficient (Wildman–Crippen LogP) is 2.95. The molecule has 8 heavy (non-hydrogen) atoms. The molecule has 0 heterocycles. The molecule has 0 spiro atoms. The molecule has 1 radical (unpaired) electrons. The predicted molar refractivity (Wildman–Crippen MR) is 37.6 cm³/mol. The third-order valence-electron chi connectivity index (χ3n) is 0.972. The van der Waals surface area contributed by atoms with E-state index in [1.165, 1.54) is 19.3 Å². The largest absolute Gasteiger partial charge is 0.0811 e. The number of unbranched alkanes of at least 4 members (excludes halogenated alkanes) is 2. The van der Waals surface area contributed by atoms with E-state index >= 15 is 0 Å². The van der Waals surface area contributed by atoms with Gasteiger partial charge in [-0.2, -0.15) is 0 Å². The first-order chi connectivity index (χ1) is 3.91. The van der Waals surface area contributed by atoms with Crippen LogP contribution in [0.5, 0.6) is 0 Å². The zero-order chi connectivity index (χ0) is 6.24. The van der Waals surface area contributed by atoms with Crippen LogP contribution in [0.4, 0.5) is 0 Å². The van der Waals surface area contributed by atoms with Crippen LogP contribution in [0.25, 0.3) is 0 Å². The van der Waals surface area contributed by atoms with Crippen molar-refractivity contribution in [2.45, 2.75) is 39.5 Å². The van der Waals surface area contributed by atoms with Crippen LogP contribution in [0.15, 0.2) is 6.08 Å². The SMILES string of the molecule is CCC[C]=CCCC. The second-order valence-electron chi connectivity index (χ2n) is 1.95. The quantitative estimate of drug-likeness (QED) is 0.523. The molecule has 0 aliphatic carbocycles. The highest BCUT2D eigenvalue weighted by molar-refractivity contribution is 4.71. The van der Waals surface area contributed by atoms with Gasteiger partial charge in [-0.25, -0.2) is 0 Å². The lowest BCUT2D eigenvalue weighted by Crippen LogP contribution is -1.63. The Morgan fingerprint density at radius 1 is 1.25 bits per heavy atom. The molecule has 0 saturated heterocycles. The van der Waals surface area contributed by atoms with E-state index in [2.05, 4.69) is 26.0 Å². The average molecular weight is 111 g/mol. The molecule has 0 nitrogen and oxygen atoms in total. The molecular weight excluding hydrogens is 96.1 g/mol. The highest BCUT2D eigenvalue weighted by atomic mass is 13.8. The molecular formula is C8H15. The molecule has 47 valence electrons. The molecule has 0 atom stereocenters. The fourth-order valence-electron chi connectivity index (χ4n) is 0.493. The van der Waals surface area contributed by atoms with Crippen molar-refractivity contribution < 1.29 is 0 Å². The average Bonchev–Trinajstić information content (AvgIpc) is 1.81.